The molecular formula is C14H20ClNO4. The molecule has 1 aromatic rings. The van der Waals surface area contributed by atoms with E-state index >= 15 is 0 Å². The summed E-state index contributed by atoms with van der Waals surface area (Å²) in [6.07, 6.45) is 1.12. The van der Waals surface area contributed by atoms with Gasteiger partial charge in [-0.2, -0.15) is 0 Å². The van der Waals surface area contributed by atoms with Crippen LogP contribution in [0.25, 0.3) is 0 Å². The number of esters is 1. The smallest absolute Gasteiger partial charge is 0.307 e. The highest BCUT2D eigenvalue weighted by atomic mass is 35.5. The number of nitrogens with one attached hydrogen (secondary N) is 1. The Hall–Kier alpha value is -1.46. The number of benzene rings is 1. The minimum Gasteiger partial charge on any atom is -0.504 e. The third-order valence-corrected chi connectivity index (χ3v) is 2.72. The lowest BCUT2D eigenvalue weighted by Crippen LogP contribution is -2.21. The van der Waals surface area contributed by atoms with E-state index in [-0.39, 0.29) is 11.7 Å². The van der Waals surface area contributed by atoms with Crippen molar-refractivity contribution in [1.29, 1.82) is 0 Å². The molecule has 6 heteroatoms. The van der Waals surface area contributed by atoms with Crippen molar-refractivity contribution >= 4 is 17.6 Å². The van der Waals surface area contributed by atoms with Gasteiger partial charge in [0.2, 0.25) is 0 Å². The number of phenols is 1. The molecule has 0 atom stereocenters. The molecule has 2 N–H and O–H groups in total. The summed E-state index contributed by atoms with van der Waals surface area (Å²) in [6.45, 7) is 3.96. The number of phenolic OH excluding ortho intramolecular Hbond substituents is 1. The maximum Gasteiger partial charge on any atom is 0.307 e. The van der Waals surface area contributed by atoms with Gasteiger partial charge in [-0.1, -0.05) is 11.6 Å². The molecule has 112 valence electrons. The molecule has 0 saturated carbocycles. The van der Waals surface area contributed by atoms with Gasteiger partial charge >= 0.3 is 5.97 Å². The number of hydrogen-bond acceptors (Lipinski definition) is 5. The van der Waals surface area contributed by atoms with Crippen LogP contribution < -0.4 is 10.1 Å². The van der Waals surface area contributed by atoms with E-state index in [1.165, 1.54) is 6.07 Å². The van der Waals surface area contributed by atoms with E-state index in [9.17, 15) is 9.90 Å². The summed E-state index contributed by atoms with van der Waals surface area (Å²) in [5.41, 5.74) is 0. The van der Waals surface area contributed by atoms with Crippen LogP contribution in [-0.2, 0) is 9.53 Å². The summed E-state index contributed by atoms with van der Waals surface area (Å²) in [5.74, 6) is 0.258. The minimum absolute atomic E-state index is 0.0738. The number of halogens is 1. The van der Waals surface area contributed by atoms with E-state index in [4.69, 9.17) is 21.1 Å². The van der Waals surface area contributed by atoms with Gasteiger partial charge in [0.1, 0.15) is 0 Å². The standard InChI is InChI=1S/C14H20ClNO4/c1-2-19-14(18)6-8-16-7-3-9-20-13-10-11(15)4-5-12(13)17/h4-5,10,16-17H,2-3,6-9H2,1H3. The summed E-state index contributed by atoms with van der Waals surface area (Å²) in [5, 5.41) is 13.2. The molecule has 0 radical (unpaired) electrons. The fraction of sp³-hybridized carbons (Fsp3) is 0.500. The normalized spacial score (nSPS) is 10.3. The van der Waals surface area contributed by atoms with Crippen LogP contribution in [0.2, 0.25) is 5.02 Å². The first-order chi connectivity index (χ1) is 9.63. The highest BCUT2D eigenvalue weighted by molar-refractivity contribution is 6.30. The molecular weight excluding hydrogens is 282 g/mol. The third-order valence-electron chi connectivity index (χ3n) is 2.49. The number of rotatable bonds is 9. The van der Waals surface area contributed by atoms with E-state index in [0.717, 1.165) is 13.0 Å². The van der Waals surface area contributed by atoms with Crippen molar-refractivity contribution in [2.75, 3.05) is 26.3 Å². The van der Waals surface area contributed by atoms with Crippen LogP contribution in [0.5, 0.6) is 11.5 Å². The molecule has 0 bridgehead atoms. The van der Waals surface area contributed by atoms with Crippen LogP contribution in [0.3, 0.4) is 0 Å². The quantitative estimate of drug-likeness (QED) is 0.541. The molecule has 0 aliphatic rings. The molecule has 0 aromatic heterocycles. The largest absolute Gasteiger partial charge is 0.504 e. The lowest BCUT2D eigenvalue weighted by Gasteiger charge is -2.09. The lowest BCUT2D eigenvalue weighted by molar-refractivity contribution is -0.142. The van der Waals surface area contributed by atoms with E-state index in [1.807, 2.05) is 0 Å². The first-order valence-corrected chi connectivity index (χ1v) is 6.99. The van der Waals surface area contributed by atoms with E-state index in [1.54, 1.807) is 19.1 Å². The number of ether oxygens (including phenoxy) is 2. The van der Waals surface area contributed by atoms with E-state index in [2.05, 4.69) is 5.32 Å². The number of carbonyl (C=O) groups is 1. The van der Waals surface area contributed by atoms with Crippen molar-refractivity contribution in [3.63, 3.8) is 0 Å². The monoisotopic (exact) mass is 301 g/mol. The highest BCUT2D eigenvalue weighted by Gasteiger charge is 2.03. The number of carbonyl (C=O) groups excluding carboxylic acids is 1. The van der Waals surface area contributed by atoms with E-state index < -0.39 is 0 Å². The first kappa shape index (κ1) is 16.6. The molecule has 0 unspecified atom stereocenters. The van der Waals surface area contributed by atoms with Crippen LogP contribution in [0.4, 0.5) is 0 Å². The molecule has 0 aliphatic heterocycles. The molecule has 0 fully saturated rings. The summed E-state index contributed by atoms with van der Waals surface area (Å²) in [7, 11) is 0. The summed E-state index contributed by atoms with van der Waals surface area (Å²) >= 11 is 5.81. The predicted octanol–water partition coefficient (Wildman–Crippen LogP) is 2.36. The second-order valence-corrected chi connectivity index (χ2v) is 4.56. The summed E-state index contributed by atoms with van der Waals surface area (Å²) < 4.78 is 10.2. The molecule has 0 heterocycles. The van der Waals surface area contributed by atoms with Gasteiger partial charge in [0, 0.05) is 17.6 Å². The number of hydrogen-bond donors (Lipinski definition) is 2. The summed E-state index contributed by atoms with van der Waals surface area (Å²) in [6, 6.07) is 4.67. The topological polar surface area (TPSA) is 67.8 Å². The van der Waals surface area contributed by atoms with Crippen molar-refractivity contribution in [2.24, 2.45) is 0 Å². The van der Waals surface area contributed by atoms with Crippen molar-refractivity contribution in [2.45, 2.75) is 19.8 Å². The Bertz CT molecular complexity index is 426. The van der Waals surface area contributed by atoms with Gasteiger partial charge in [-0.3, -0.25) is 4.79 Å². The number of aromatic hydroxyl groups is 1. The van der Waals surface area contributed by atoms with Crippen molar-refractivity contribution in [3.8, 4) is 11.5 Å². The SMILES string of the molecule is CCOC(=O)CCNCCCOc1cc(Cl)ccc1O. The molecule has 5 nitrogen and oxygen atoms in total. The zero-order valence-corrected chi connectivity index (χ0v) is 12.3. The van der Waals surface area contributed by atoms with Gasteiger partial charge in [0.25, 0.3) is 0 Å². The van der Waals surface area contributed by atoms with E-state index in [0.29, 0.717) is 37.0 Å². The van der Waals surface area contributed by atoms with Crippen LogP contribution in [-0.4, -0.2) is 37.4 Å². The van der Waals surface area contributed by atoms with Crippen molar-refractivity contribution in [3.05, 3.63) is 23.2 Å². The van der Waals surface area contributed by atoms with Gasteiger partial charge in [-0.25, -0.2) is 0 Å². The Labute approximate surface area is 123 Å². The zero-order valence-electron chi connectivity index (χ0n) is 11.5. The van der Waals surface area contributed by atoms with Crippen LogP contribution in [0, 0.1) is 0 Å². The Morgan fingerprint density at radius 3 is 2.95 bits per heavy atom. The van der Waals surface area contributed by atoms with Crippen molar-refractivity contribution in [1.82, 2.24) is 5.32 Å². The Morgan fingerprint density at radius 2 is 2.20 bits per heavy atom. The average molecular weight is 302 g/mol. The molecule has 0 saturated heterocycles. The molecule has 1 rings (SSSR count). The zero-order chi connectivity index (χ0) is 14.8. The Kier molecular flexibility index (Phi) is 7.84. The van der Waals surface area contributed by atoms with Gasteiger partial charge in [0.05, 0.1) is 19.6 Å². The Balaban J connectivity index is 2.07. The van der Waals surface area contributed by atoms with Gasteiger partial charge in [-0.05, 0) is 32.0 Å². The maximum absolute atomic E-state index is 11.1. The molecule has 0 spiro atoms. The third kappa shape index (κ3) is 6.63. The maximum atomic E-state index is 11.1. The molecule has 0 amide bonds. The fourth-order valence-electron chi connectivity index (χ4n) is 1.53. The Morgan fingerprint density at radius 1 is 1.40 bits per heavy atom. The lowest BCUT2D eigenvalue weighted by atomic mass is 10.3. The first-order valence-electron chi connectivity index (χ1n) is 6.61. The van der Waals surface area contributed by atoms with Gasteiger partial charge in [-0.15, -0.1) is 0 Å². The summed E-state index contributed by atoms with van der Waals surface area (Å²) in [4.78, 5) is 11.1. The molecule has 20 heavy (non-hydrogen) atoms. The van der Waals surface area contributed by atoms with Gasteiger partial charge < -0.3 is 19.9 Å². The predicted molar refractivity (Wildman–Crippen MR) is 77.3 cm³/mol. The van der Waals surface area contributed by atoms with Gasteiger partial charge in [0.15, 0.2) is 11.5 Å². The average Bonchev–Trinajstić information content (AvgIpc) is 2.41. The van der Waals surface area contributed by atoms with Crippen LogP contribution in [0.1, 0.15) is 19.8 Å². The second kappa shape index (κ2) is 9.44. The minimum atomic E-state index is -0.194. The van der Waals surface area contributed by atoms with Crippen molar-refractivity contribution < 1.29 is 19.4 Å². The van der Waals surface area contributed by atoms with Crippen LogP contribution >= 0.6 is 11.6 Å². The molecule has 0 aliphatic carbocycles. The van der Waals surface area contributed by atoms with Crippen LogP contribution in [0.15, 0.2) is 18.2 Å². The second-order valence-electron chi connectivity index (χ2n) is 4.12. The fourth-order valence-corrected chi connectivity index (χ4v) is 1.69. The highest BCUT2D eigenvalue weighted by Crippen LogP contribution is 2.28. The molecule has 1 aromatic carbocycles.